The van der Waals surface area contributed by atoms with Crippen LogP contribution in [0.1, 0.15) is 25.1 Å². The minimum Gasteiger partial charge on any atom is -0.389 e. The second kappa shape index (κ2) is 5.73. The van der Waals surface area contributed by atoms with Crippen molar-refractivity contribution in [2.24, 2.45) is 5.73 Å². The fourth-order valence-corrected chi connectivity index (χ4v) is 1.81. The molecule has 1 rings (SSSR count). The van der Waals surface area contributed by atoms with E-state index in [1.165, 1.54) is 0 Å². The normalized spacial score (nSPS) is 11.7. The summed E-state index contributed by atoms with van der Waals surface area (Å²) in [6, 6.07) is 2.90. The first-order chi connectivity index (χ1) is 8.61. The summed E-state index contributed by atoms with van der Waals surface area (Å²) < 4.78 is 38.0. The Morgan fingerprint density at radius 2 is 2.00 bits per heavy atom. The van der Waals surface area contributed by atoms with Gasteiger partial charge in [-0.2, -0.15) is 13.2 Å². The fourth-order valence-electron chi connectivity index (χ4n) is 1.65. The van der Waals surface area contributed by atoms with Crippen LogP contribution in [0.25, 0.3) is 0 Å². The number of pyridine rings is 1. The molecule has 0 radical (unpaired) electrons. The van der Waals surface area contributed by atoms with E-state index in [-0.39, 0.29) is 16.8 Å². The highest BCUT2D eigenvalue weighted by atomic mass is 32.1. The van der Waals surface area contributed by atoms with Crippen LogP contribution in [-0.4, -0.2) is 28.7 Å². The Morgan fingerprint density at radius 1 is 1.42 bits per heavy atom. The predicted octanol–water partition coefficient (Wildman–Crippen LogP) is 2.80. The number of hydrogen-bond donors (Lipinski definition) is 1. The molecular formula is C12H16F3N3S. The van der Waals surface area contributed by atoms with Crippen LogP contribution in [0.15, 0.2) is 12.1 Å². The first-order valence-electron chi connectivity index (χ1n) is 5.72. The lowest BCUT2D eigenvalue weighted by atomic mass is 10.2. The van der Waals surface area contributed by atoms with Crippen LogP contribution >= 0.6 is 12.2 Å². The second-order valence-corrected chi connectivity index (χ2v) is 4.96. The van der Waals surface area contributed by atoms with E-state index in [1.54, 1.807) is 32.9 Å². The van der Waals surface area contributed by atoms with E-state index in [1.807, 2.05) is 0 Å². The summed E-state index contributed by atoms with van der Waals surface area (Å²) in [5.41, 5.74) is 6.52. The van der Waals surface area contributed by atoms with Crippen molar-refractivity contribution >= 4 is 23.0 Å². The molecule has 19 heavy (non-hydrogen) atoms. The summed E-state index contributed by atoms with van der Waals surface area (Å²) >= 11 is 4.87. The van der Waals surface area contributed by atoms with Crippen molar-refractivity contribution in [1.82, 2.24) is 4.98 Å². The summed E-state index contributed by atoms with van der Waals surface area (Å²) in [5, 5.41) is 0. The molecule has 2 N–H and O–H groups in total. The van der Waals surface area contributed by atoms with Crippen molar-refractivity contribution in [1.29, 1.82) is 0 Å². The second-order valence-electron chi connectivity index (χ2n) is 4.52. The maximum atomic E-state index is 12.7. The number of hydrogen-bond acceptors (Lipinski definition) is 3. The molecule has 0 aliphatic rings. The lowest BCUT2D eigenvalue weighted by Gasteiger charge is -2.30. The zero-order valence-electron chi connectivity index (χ0n) is 11.0. The highest BCUT2D eigenvalue weighted by Crippen LogP contribution is 2.26. The molecule has 0 aliphatic heterocycles. The van der Waals surface area contributed by atoms with E-state index < -0.39 is 12.7 Å². The summed E-state index contributed by atoms with van der Waals surface area (Å²) in [4.78, 5) is 5.35. The molecule has 3 nitrogen and oxygen atoms in total. The van der Waals surface area contributed by atoms with Gasteiger partial charge >= 0.3 is 6.18 Å². The van der Waals surface area contributed by atoms with Gasteiger partial charge in [-0.1, -0.05) is 12.2 Å². The zero-order valence-corrected chi connectivity index (χ0v) is 11.8. The molecule has 0 saturated carbocycles. The first-order valence-corrected chi connectivity index (χ1v) is 6.13. The molecule has 0 bridgehead atoms. The average Bonchev–Trinajstić information content (AvgIpc) is 2.23. The Morgan fingerprint density at radius 3 is 2.42 bits per heavy atom. The van der Waals surface area contributed by atoms with E-state index in [0.29, 0.717) is 11.3 Å². The van der Waals surface area contributed by atoms with Crippen molar-refractivity contribution in [2.75, 3.05) is 11.4 Å². The number of halogens is 3. The summed E-state index contributed by atoms with van der Waals surface area (Å²) in [7, 11) is 0. The Labute approximate surface area is 115 Å². The number of anilines is 1. The molecule has 106 valence electrons. The van der Waals surface area contributed by atoms with Crippen molar-refractivity contribution in [2.45, 2.75) is 33.0 Å². The van der Waals surface area contributed by atoms with Crippen LogP contribution in [-0.2, 0) is 0 Å². The van der Waals surface area contributed by atoms with Gasteiger partial charge in [0.15, 0.2) is 0 Å². The number of aromatic nitrogens is 1. The Balaban J connectivity index is 3.29. The maximum Gasteiger partial charge on any atom is 0.405 e. The van der Waals surface area contributed by atoms with E-state index in [2.05, 4.69) is 4.98 Å². The summed E-state index contributed by atoms with van der Waals surface area (Å²) in [6.45, 7) is 3.95. The lowest BCUT2D eigenvalue weighted by Crippen LogP contribution is -2.41. The van der Waals surface area contributed by atoms with Gasteiger partial charge in [0.1, 0.15) is 17.4 Å². The summed E-state index contributed by atoms with van der Waals surface area (Å²) in [6.07, 6.45) is -4.32. The SMILES string of the molecule is Cc1ccc(C(N)=S)c(N(CC(F)(F)F)C(C)C)n1. The van der Waals surface area contributed by atoms with Crippen LogP contribution in [0.3, 0.4) is 0 Å². The third-order valence-corrected chi connectivity index (χ3v) is 2.74. The molecular weight excluding hydrogens is 275 g/mol. The molecule has 1 heterocycles. The summed E-state index contributed by atoms with van der Waals surface area (Å²) in [5.74, 6) is 0.180. The number of nitrogens with zero attached hydrogens (tertiary/aromatic N) is 2. The van der Waals surface area contributed by atoms with Gasteiger partial charge in [0.05, 0.1) is 5.56 Å². The van der Waals surface area contributed by atoms with Gasteiger partial charge in [0, 0.05) is 11.7 Å². The topological polar surface area (TPSA) is 42.1 Å². The van der Waals surface area contributed by atoms with Crippen LogP contribution in [0.5, 0.6) is 0 Å². The van der Waals surface area contributed by atoms with E-state index in [4.69, 9.17) is 18.0 Å². The fraction of sp³-hybridized carbons (Fsp3) is 0.500. The molecule has 0 aliphatic carbocycles. The van der Waals surface area contributed by atoms with Crippen molar-refractivity contribution in [3.8, 4) is 0 Å². The number of thiocarbonyl (C=S) groups is 1. The van der Waals surface area contributed by atoms with E-state index in [0.717, 1.165) is 4.90 Å². The molecule has 0 fully saturated rings. The van der Waals surface area contributed by atoms with Crippen LogP contribution < -0.4 is 10.6 Å². The number of alkyl halides is 3. The molecule has 1 aromatic rings. The van der Waals surface area contributed by atoms with Crippen LogP contribution in [0, 0.1) is 6.92 Å². The molecule has 7 heteroatoms. The van der Waals surface area contributed by atoms with Crippen LogP contribution in [0.4, 0.5) is 19.0 Å². The van der Waals surface area contributed by atoms with Crippen molar-refractivity contribution < 1.29 is 13.2 Å². The Kier molecular flexibility index (Phi) is 4.73. The lowest BCUT2D eigenvalue weighted by molar-refractivity contribution is -0.120. The van der Waals surface area contributed by atoms with Gasteiger partial charge in [0.25, 0.3) is 0 Å². The predicted molar refractivity (Wildman–Crippen MR) is 73.4 cm³/mol. The maximum absolute atomic E-state index is 12.7. The molecule has 0 spiro atoms. The third-order valence-electron chi connectivity index (χ3n) is 2.52. The average molecular weight is 291 g/mol. The van der Waals surface area contributed by atoms with Gasteiger partial charge < -0.3 is 10.6 Å². The highest BCUT2D eigenvalue weighted by molar-refractivity contribution is 7.80. The quantitative estimate of drug-likeness (QED) is 0.866. The van der Waals surface area contributed by atoms with E-state index >= 15 is 0 Å². The molecule has 0 unspecified atom stereocenters. The standard InChI is InChI=1S/C12H16F3N3S/c1-7(2)18(6-12(13,14)15)11-9(10(16)19)5-4-8(3)17-11/h4-5,7H,6H2,1-3H3,(H2,16,19). The molecule has 1 aromatic heterocycles. The highest BCUT2D eigenvalue weighted by Gasteiger charge is 2.33. The monoisotopic (exact) mass is 291 g/mol. The van der Waals surface area contributed by atoms with Crippen LogP contribution in [0.2, 0.25) is 0 Å². The number of nitrogens with two attached hydrogens (primary N) is 1. The smallest absolute Gasteiger partial charge is 0.389 e. The van der Waals surface area contributed by atoms with Gasteiger partial charge in [0.2, 0.25) is 0 Å². The third kappa shape index (κ3) is 4.34. The largest absolute Gasteiger partial charge is 0.405 e. The molecule has 0 amide bonds. The Bertz CT molecular complexity index is 472. The molecule has 0 saturated heterocycles. The minimum atomic E-state index is -4.32. The Hall–Kier alpha value is -1.37. The van der Waals surface area contributed by atoms with Gasteiger partial charge in [-0.25, -0.2) is 4.98 Å². The van der Waals surface area contributed by atoms with Crippen molar-refractivity contribution in [3.63, 3.8) is 0 Å². The number of aryl methyl sites for hydroxylation is 1. The van der Waals surface area contributed by atoms with Gasteiger partial charge in [-0.3, -0.25) is 0 Å². The van der Waals surface area contributed by atoms with Gasteiger partial charge in [-0.05, 0) is 32.9 Å². The van der Waals surface area contributed by atoms with Gasteiger partial charge in [-0.15, -0.1) is 0 Å². The molecule has 0 aromatic carbocycles. The minimum absolute atomic E-state index is 0.0373. The zero-order chi connectivity index (χ0) is 14.8. The van der Waals surface area contributed by atoms with E-state index in [9.17, 15) is 13.2 Å². The first kappa shape index (κ1) is 15.7. The number of rotatable bonds is 4. The van der Waals surface area contributed by atoms with Crippen molar-refractivity contribution in [3.05, 3.63) is 23.4 Å². The molecule has 0 atom stereocenters.